The topological polar surface area (TPSA) is 256 Å². The maximum atomic E-state index is 11.6. The predicted octanol–water partition coefficient (Wildman–Crippen LogP) is 0.294. The lowest BCUT2D eigenvalue weighted by atomic mass is 9.44. The van der Waals surface area contributed by atoms with E-state index >= 15 is 0 Å². The number of hydrogen-bond acceptors (Lipinski definition) is 17. The van der Waals surface area contributed by atoms with E-state index < -0.39 is 111 Å². The van der Waals surface area contributed by atoms with Crippen LogP contribution < -0.4 is 0 Å². The zero-order valence-corrected chi connectivity index (χ0v) is 36.8. The summed E-state index contributed by atoms with van der Waals surface area (Å²) >= 11 is 0. The molecule has 17 heteroatoms. The second-order valence-corrected chi connectivity index (χ2v) is 21.5. The minimum Gasteiger partial charge on any atom is -0.394 e. The van der Waals surface area contributed by atoms with Gasteiger partial charge in [-0.1, -0.05) is 27.7 Å². The van der Waals surface area contributed by atoms with Crippen LogP contribution in [-0.2, 0) is 37.9 Å². The largest absolute Gasteiger partial charge is 0.394 e. The van der Waals surface area contributed by atoms with Crippen LogP contribution in [0.2, 0.25) is 0 Å². The molecule has 9 rings (SSSR count). The second-order valence-electron chi connectivity index (χ2n) is 21.5. The van der Waals surface area contributed by atoms with E-state index in [4.69, 9.17) is 37.9 Å². The molecule has 9 aliphatic rings. The molecule has 17 nitrogen and oxygen atoms in total. The lowest BCUT2D eigenvalue weighted by molar-refractivity contribution is -0.377. The number of hydrogen-bond donors (Lipinski definition) is 9. The average molecular weight is 887 g/mol. The molecule has 0 aromatic rings. The number of rotatable bonds is 8. The SMILES string of the molecule is C[C@@H]1CCC2(OC1)OC1C[C@H]3C4CC[C@@H]5C[C@@H](O[C@@H]6O[C@H](CO[C@@H]7O[C@H](C)[C@H](O)[C@@H](O)[C@H]7O)[C@@H](O)[C@H](O)[C@H]6O[C@@H]6O[C@H](CO)[C@@H](O)[C@H](O)[C@H]6O)CC[C@]5(C)C4CC[C@]3(C)C1[C@@H]2C. The quantitative estimate of drug-likeness (QED) is 0.149. The summed E-state index contributed by atoms with van der Waals surface area (Å²) in [5, 5.41) is 95.6. The minimum absolute atomic E-state index is 0.0972. The minimum atomic E-state index is -1.78. The summed E-state index contributed by atoms with van der Waals surface area (Å²) in [4.78, 5) is 0. The van der Waals surface area contributed by atoms with Crippen molar-refractivity contribution in [2.24, 2.45) is 52.3 Å². The molecule has 0 aromatic carbocycles. The lowest BCUT2D eigenvalue weighted by Crippen LogP contribution is -2.65. The van der Waals surface area contributed by atoms with Crippen molar-refractivity contribution < 1.29 is 83.9 Å². The first-order valence-electron chi connectivity index (χ1n) is 23.7. The van der Waals surface area contributed by atoms with Crippen LogP contribution >= 0.6 is 0 Å². The van der Waals surface area contributed by atoms with Crippen LogP contribution in [0.1, 0.15) is 98.8 Å². The Balaban J connectivity index is 0.888. The third-order valence-electron chi connectivity index (χ3n) is 18.2. The standard InChI is InChI=1S/C45H74O17/c1-19-8-13-45(56-17-19)20(2)30-27(62-45)15-26-24-7-6-22-14-23(9-11-43(22,4)25(24)10-12-44(26,30)5)58-42-39(61-41-38(54)35(51)32(48)28(16-46)59-41)36(52)33(49)29(60-42)18-55-40-37(53)34(50)31(47)21(3)57-40/h19-42,46-54H,6-18H2,1-5H3/t19-,20+,21-,22-,23+,24?,25?,26+,27?,28-,29-,30?,31+,32-,33-,34-,35+,36+,37-,38-,39-,40-,41+,42-,43+,44+,45?/m1/s1. The van der Waals surface area contributed by atoms with E-state index in [1.807, 2.05) is 0 Å². The Hall–Kier alpha value is -0.680. The molecule has 356 valence electrons. The first kappa shape index (κ1) is 46.4. The molecule has 0 radical (unpaired) electrons. The number of aliphatic hydroxyl groups is 9. The van der Waals surface area contributed by atoms with Crippen molar-refractivity contribution in [2.75, 3.05) is 19.8 Å². The molecule has 62 heavy (non-hydrogen) atoms. The molecule has 9 N–H and O–H groups in total. The molecule has 1 spiro atoms. The number of ether oxygens (including phenoxy) is 8. The fourth-order valence-corrected chi connectivity index (χ4v) is 14.5. The van der Waals surface area contributed by atoms with Gasteiger partial charge in [0.05, 0.1) is 38.1 Å². The van der Waals surface area contributed by atoms with Gasteiger partial charge < -0.3 is 83.9 Å². The summed E-state index contributed by atoms with van der Waals surface area (Å²) in [7, 11) is 0. The van der Waals surface area contributed by atoms with Gasteiger partial charge in [-0.3, -0.25) is 0 Å². The zero-order chi connectivity index (χ0) is 44.2. The second kappa shape index (κ2) is 17.4. The Morgan fingerprint density at radius 2 is 1.31 bits per heavy atom. The maximum absolute atomic E-state index is 11.6. The maximum Gasteiger partial charge on any atom is 0.187 e. The summed E-state index contributed by atoms with van der Waals surface area (Å²) in [6, 6.07) is 0. The Morgan fingerprint density at radius 1 is 0.613 bits per heavy atom. The first-order valence-corrected chi connectivity index (χ1v) is 23.7. The Bertz CT molecular complexity index is 1550. The summed E-state index contributed by atoms with van der Waals surface area (Å²) in [6.45, 7) is 10.8. The lowest BCUT2D eigenvalue weighted by Gasteiger charge is -2.61. The highest BCUT2D eigenvalue weighted by molar-refractivity contribution is 5.15. The van der Waals surface area contributed by atoms with E-state index in [1.165, 1.54) is 19.8 Å². The molecule has 5 aliphatic heterocycles. The van der Waals surface area contributed by atoms with E-state index in [0.717, 1.165) is 51.6 Å². The van der Waals surface area contributed by atoms with Crippen LogP contribution in [0, 0.1) is 52.3 Å². The van der Waals surface area contributed by atoms with Crippen molar-refractivity contribution in [3.63, 3.8) is 0 Å². The molecule has 5 saturated heterocycles. The number of aliphatic hydroxyl groups excluding tert-OH is 9. The van der Waals surface area contributed by atoms with Crippen LogP contribution in [0.3, 0.4) is 0 Å². The zero-order valence-electron chi connectivity index (χ0n) is 36.8. The monoisotopic (exact) mass is 886 g/mol. The van der Waals surface area contributed by atoms with Gasteiger partial charge in [-0.15, -0.1) is 0 Å². The van der Waals surface area contributed by atoms with Gasteiger partial charge in [0.2, 0.25) is 0 Å². The first-order chi connectivity index (χ1) is 29.4. The van der Waals surface area contributed by atoms with Gasteiger partial charge in [0.25, 0.3) is 0 Å². The molecule has 4 saturated carbocycles. The highest BCUT2D eigenvalue weighted by Gasteiger charge is 2.69. The molecule has 0 amide bonds. The highest BCUT2D eigenvalue weighted by atomic mass is 16.8. The van der Waals surface area contributed by atoms with E-state index in [9.17, 15) is 46.0 Å². The van der Waals surface area contributed by atoms with Crippen molar-refractivity contribution in [1.82, 2.24) is 0 Å². The summed E-state index contributed by atoms with van der Waals surface area (Å²) < 4.78 is 49.6. The van der Waals surface area contributed by atoms with E-state index in [-0.39, 0.29) is 23.0 Å². The molecule has 5 heterocycles. The fraction of sp³-hybridized carbons (Fsp3) is 1.00. The molecule has 27 atom stereocenters. The normalized spacial score (nSPS) is 58.9. The third kappa shape index (κ3) is 7.66. The van der Waals surface area contributed by atoms with E-state index in [0.29, 0.717) is 47.8 Å². The fourth-order valence-electron chi connectivity index (χ4n) is 14.5. The molecule has 9 fully saturated rings. The van der Waals surface area contributed by atoms with E-state index in [2.05, 4.69) is 27.7 Å². The van der Waals surface area contributed by atoms with Crippen molar-refractivity contribution >= 4 is 0 Å². The Morgan fingerprint density at radius 3 is 2.03 bits per heavy atom. The molecular weight excluding hydrogens is 812 g/mol. The molecule has 4 aliphatic carbocycles. The van der Waals surface area contributed by atoms with Crippen LogP contribution in [0.25, 0.3) is 0 Å². The van der Waals surface area contributed by atoms with Gasteiger partial charge in [-0.05, 0) is 111 Å². The van der Waals surface area contributed by atoms with Crippen LogP contribution in [0.5, 0.6) is 0 Å². The molecule has 5 unspecified atom stereocenters. The van der Waals surface area contributed by atoms with Gasteiger partial charge in [0.15, 0.2) is 24.7 Å². The van der Waals surface area contributed by atoms with Crippen LogP contribution in [0.15, 0.2) is 0 Å². The summed E-state index contributed by atoms with van der Waals surface area (Å²) in [6.07, 6.45) is -12.2. The van der Waals surface area contributed by atoms with Crippen molar-refractivity contribution in [1.29, 1.82) is 0 Å². The summed E-state index contributed by atoms with van der Waals surface area (Å²) in [5.74, 6) is 3.15. The van der Waals surface area contributed by atoms with Gasteiger partial charge in [-0.2, -0.15) is 0 Å². The molecule has 0 aromatic heterocycles. The summed E-state index contributed by atoms with van der Waals surface area (Å²) in [5.41, 5.74) is 0.311. The van der Waals surface area contributed by atoms with Crippen LogP contribution in [-0.4, -0.2) is 176 Å². The van der Waals surface area contributed by atoms with Crippen LogP contribution in [0.4, 0.5) is 0 Å². The van der Waals surface area contributed by atoms with Crippen molar-refractivity contribution in [3.05, 3.63) is 0 Å². The Labute approximate surface area is 364 Å². The van der Waals surface area contributed by atoms with Crippen molar-refractivity contribution in [2.45, 2.75) is 209 Å². The molecular formula is C45H74O17. The predicted molar refractivity (Wildman–Crippen MR) is 214 cm³/mol. The Kier molecular flexibility index (Phi) is 13.1. The number of fused-ring (bicyclic) bond motifs is 7. The van der Waals surface area contributed by atoms with Gasteiger partial charge in [0, 0.05) is 12.3 Å². The highest BCUT2D eigenvalue weighted by Crippen LogP contribution is 2.71. The van der Waals surface area contributed by atoms with Crippen molar-refractivity contribution in [3.8, 4) is 0 Å². The van der Waals surface area contributed by atoms with E-state index in [1.54, 1.807) is 0 Å². The molecule has 0 bridgehead atoms. The van der Waals surface area contributed by atoms with Gasteiger partial charge in [0.1, 0.15) is 67.1 Å². The van der Waals surface area contributed by atoms with Gasteiger partial charge >= 0.3 is 0 Å². The average Bonchev–Trinajstić information content (AvgIpc) is 3.70. The smallest absolute Gasteiger partial charge is 0.187 e. The third-order valence-corrected chi connectivity index (χ3v) is 18.2. The van der Waals surface area contributed by atoms with Gasteiger partial charge in [-0.25, -0.2) is 0 Å².